The average molecular weight is 364 g/mol. The van der Waals surface area contributed by atoms with Gasteiger partial charge in [0.05, 0.1) is 23.7 Å². The first-order valence-electron chi connectivity index (χ1n) is 8.83. The van der Waals surface area contributed by atoms with Crippen LogP contribution in [0.15, 0.2) is 18.2 Å². The van der Waals surface area contributed by atoms with Crippen molar-refractivity contribution in [1.29, 1.82) is 0 Å². The molecular formula is C18H24N2O6. The number of carbonyl (C=O) groups is 2. The minimum atomic E-state index is -0.620. The van der Waals surface area contributed by atoms with Crippen molar-refractivity contribution in [1.82, 2.24) is 4.90 Å². The summed E-state index contributed by atoms with van der Waals surface area (Å²) in [7, 11) is 0. The molecule has 26 heavy (non-hydrogen) atoms. The number of hydrogen-bond donors (Lipinski definition) is 1. The van der Waals surface area contributed by atoms with Crippen LogP contribution in [-0.4, -0.2) is 52.9 Å². The summed E-state index contributed by atoms with van der Waals surface area (Å²) in [6, 6.07) is 4.21. The summed E-state index contributed by atoms with van der Waals surface area (Å²) in [4.78, 5) is 35.3. The summed E-state index contributed by atoms with van der Waals surface area (Å²) >= 11 is 0. The first kappa shape index (κ1) is 19.8. The zero-order valence-corrected chi connectivity index (χ0v) is 14.6. The zero-order valence-electron chi connectivity index (χ0n) is 14.6. The van der Waals surface area contributed by atoms with Crippen molar-refractivity contribution in [2.24, 2.45) is 0 Å². The lowest BCUT2D eigenvalue weighted by atomic mass is 10.1. The second-order valence-electron chi connectivity index (χ2n) is 6.30. The highest BCUT2D eigenvalue weighted by atomic mass is 16.6. The second-order valence-corrected chi connectivity index (χ2v) is 6.30. The van der Waals surface area contributed by atoms with Crippen LogP contribution in [0.3, 0.4) is 0 Å². The molecule has 0 radical (unpaired) electrons. The first-order chi connectivity index (χ1) is 12.6. The van der Waals surface area contributed by atoms with Crippen molar-refractivity contribution in [3.63, 3.8) is 0 Å². The molecule has 0 atom stereocenters. The highest BCUT2D eigenvalue weighted by Crippen LogP contribution is 2.25. The maximum Gasteiger partial charge on any atom is 0.280 e. The topological polar surface area (TPSA) is 110 Å². The normalized spacial score (nSPS) is 14.2. The van der Waals surface area contributed by atoms with Gasteiger partial charge in [0.2, 0.25) is 5.91 Å². The number of rotatable bonds is 10. The van der Waals surface area contributed by atoms with Gasteiger partial charge in [0.15, 0.2) is 6.29 Å². The van der Waals surface area contributed by atoms with Gasteiger partial charge >= 0.3 is 0 Å². The van der Waals surface area contributed by atoms with Crippen molar-refractivity contribution >= 4 is 17.9 Å². The van der Waals surface area contributed by atoms with Crippen LogP contribution in [0.4, 0.5) is 5.69 Å². The molecule has 0 aromatic heterocycles. The first-order valence-corrected chi connectivity index (χ1v) is 8.83. The Hall–Kier alpha value is -2.48. The minimum Gasteiger partial charge on any atom is -0.494 e. The van der Waals surface area contributed by atoms with E-state index >= 15 is 0 Å². The standard InChI is InChI=1S/C18H24N2O6/c21-10-9-19(15-4-1-2-5-15)18(23)6-3-11-26-16-7-8-17(20(24)25)14(12-16)13-22/h7-8,12-13,15,21H,1-6,9-11H2. The van der Waals surface area contributed by atoms with E-state index in [1.807, 2.05) is 0 Å². The van der Waals surface area contributed by atoms with E-state index in [-0.39, 0.29) is 36.4 Å². The smallest absolute Gasteiger partial charge is 0.280 e. The van der Waals surface area contributed by atoms with Gasteiger partial charge in [-0.05, 0) is 31.4 Å². The van der Waals surface area contributed by atoms with Gasteiger partial charge in [0.1, 0.15) is 5.75 Å². The lowest BCUT2D eigenvalue weighted by molar-refractivity contribution is -0.385. The van der Waals surface area contributed by atoms with Crippen LogP contribution in [0.1, 0.15) is 48.9 Å². The fourth-order valence-corrected chi connectivity index (χ4v) is 3.27. The molecular weight excluding hydrogens is 340 g/mol. The third kappa shape index (κ3) is 5.26. The maximum absolute atomic E-state index is 12.4. The fourth-order valence-electron chi connectivity index (χ4n) is 3.27. The number of aliphatic hydroxyl groups excluding tert-OH is 1. The van der Waals surface area contributed by atoms with E-state index in [4.69, 9.17) is 4.74 Å². The molecule has 1 N–H and O–H groups in total. The number of aliphatic hydroxyl groups is 1. The highest BCUT2D eigenvalue weighted by Gasteiger charge is 2.25. The van der Waals surface area contributed by atoms with E-state index in [0.29, 0.717) is 31.4 Å². The molecule has 0 aliphatic heterocycles. The third-order valence-corrected chi connectivity index (χ3v) is 4.55. The van der Waals surface area contributed by atoms with Crippen molar-refractivity contribution in [3.8, 4) is 5.75 Å². The molecule has 142 valence electrons. The summed E-state index contributed by atoms with van der Waals surface area (Å²) in [5, 5.41) is 20.0. The van der Waals surface area contributed by atoms with Crippen LogP contribution >= 0.6 is 0 Å². The van der Waals surface area contributed by atoms with Crippen molar-refractivity contribution in [2.45, 2.75) is 44.6 Å². The average Bonchev–Trinajstić information content (AvgIpc) is 3.16. The van der Waals surface area contributed by atoms with Gasteiger partial charge in [-0.25, -0.2) is 0 Å². The lowest BCUT2D eigenvalue weighted by Gasteiger charge is -2.28. The van der Waals surface area contributed by atoms with Gasteiger partial charge in [-0.2, -0.15) is 0 Å². The summed E-state index contributed by atoms with van der Waals surface area (Å²) in [6.45, 7) is 0.574. The number of benzene rings is 1. The molecule has 1 fully saturated rings. The summed E-state index contributed by atoms with van der Waals surface area (Å²) < 4.78 is 5.50. The van der Waals surface area contributed by atoms with E-state index in [1.54, 1.807) is 4.90 Å². The van der Waals surface area contributed by atoms with Crippen molar-refractivity contribution in [3.05, 3.63) is 33.9 Å². The molecule has 0 heterocycles. The van der Waals surface area contributed by atoms with Crippen LogP contribution in [0.2, 0.25) is 0 Å². The minimum absolute atomic E-state index is 0.00632. The monoisotopic (exact) mass is 364 g/mol. The van der Waals surface area contributed by atoms with E-state index in [0.717, 1.165) is 25.7 Å². The molecule has 1 aliphatic carbocycles. The van der Waals surface area contributed by atoms with E-state index in [1.165, 1.54) is 18.2 Å². The Morgan fingerprint density at radius 3 is 2.73 bits per heavy atom. The third-order valence-electron chi connectivity index (χ3n) is 4.55. The van der Waals surface area contributed by atoms with Gasteiger partial charge in [0, 0.05) is 25.1 Å². The summed E-state index contributed by atoms with van der Waals surface area (Å²) in [5.41, 5.74) is -0.308. The van der Waals surface area contributed by atoms with Crippen LogP contribution in [0.5, 0.6) is 5.75 Å². The molecule has 0 saturated heterocycles. The Morgan fingerprint density at radius 2 is 2.12 bits per heavy atom. The predicted molar refractivity (Wildman–Crippen MR) is 94.3 cm³/mol. The Bertz CT molecular complexity index is 643. The number of ether oxygens (including phenoxy) is 1. The molecule has 1 aromatic rings. The van der Waals surface area contributed by atoms with Crippen LogP contribution in [-0.2, 0) is 4.79 Å². The van der Waals surface area contributed by atoms with Crippen LogP contribution < -0.4 is 4.74 Å². The number of hydrogen-bond acceptors (Lipinski definition) is 6. The predicted octanol–water partition coefficient (Wildman–Crippen LogP) is 2.33. The van der Waals surface area contributed by atoms with Gasteiger partial charge < -0.3 is 14.7 Å². The maximum atomic E-state index is 12.4. The van der Waals surface area contributed by atoms with Crippen LogP contribution in [0, 0.1) is 10.1 Å². The Balaban J connectivity index is 1.82. The molecule has 8 heteroatoms. The molecule has 1 aliphatic rings. The lowest BCUT2D eigenvalue weighted by Crippen LogP contribution is -2.40. The molecule has 1 saturated carbocycles. The number of nitrogens with zero attached hydrogens (tertiary/aromatic N) is 2. The molecule has 0 spiro atoms. The Labute approximate surface area is 151 Å². The van der Waals surface area contributed by atoms with Gasteiger partial charge in [-0.15, -0.1) is 0 Å². The van der Waals surface area contributed by atoms with Crippen molar-refractivity contribution < 1.29 is 24.4 Å². The van der Waals surface area contributed by atoms with Gasteiger partial charge in [-0.1, -0.05) is 12.8 Å². The van der Waals surface area contributed by atoms with E-state index in [9.17, 15) is 24.8 Å². The number of amides is 1. The zero-order chi connectivity index (χ0) is 18.9. The number of nitro groups is 1. The number of aldehydes is 1. The number of nitro benzene ring substituents is 1. The Morgan fingerprint density at radius 1 is 1.38 bits per heavy atom. The number of carbonyl (C=O) groups excluding carboxylic acids is 2. The molecule has 0 unspecified atom stereocenters. The van der Waals surface area contributed by atoms with E-state index in [2.05, 4.69) is 0 Å². The van der Waals surface area contributed by atoms with Gasteiger partial charge in [0.25, 0.3) is 5.69 Å². The molecule has 1 aromatic carbocycles. The van der Waals surface area contributed by atoms with E-state index < -0.39 is 4.92 Å². The quantitative estimate of drug-likeness (QED) is 0.295. The fraction of sp³-hybridized carbons (Fsp3) is 0.556. The molecule has 0 bridgehead atoms. The summed E-state index contributed by atoms with van der Waals surface area (Å²) in [6.07, 6.45) is 5.41. The SMILES string of the molecule is O=Cc1cc(OCCCC(=O)N(CCO)C2CCCC2)ccc1[N+](=O)[O-]. The molecule has 1 amide bonds. The summed E-state index contributed by atoms with van der Waals surface area (Å²) in [5.74, 6) is 0.361. The highest BCUT2D eigenvalue weighted by molar-refractivity contribution is 5.82. The van der Waals surface area contributed by atoms with Crippen LogP contribution in [0.25, 0.3) is 0 Å². The Kier molecular flexibility index (Phi) is 7.53. The molecule has 8 nitrogen and oxygen atoms in total. The molecule has 2 rings (SSSR count). The largest absolute Gasteiger partial charge is 0.494 e. The van der Waals surface area contributed by atoms with Gasteiger partial charge in [-0.3, -0.25) is 19.7 Å². The van der Waals surface area contributed by atoms with Crippen molar-refractivity contribution in [2.75, 3.05) is 19.8 Å². The second kappa shape index (κ2) is 9.86.